The second kappa shape index (κ2) is 4.61. The van der Waals surface area contributed by atoms with E-state index in [2.05, 4.69) is 20.4 Å². The molecule has 7 nitrogen and oxygen atoms in total. The maximum absolute atomic E-state index is 12.1. The molecule has 100 valence electrons. The van der Waals surface area contributed by atoms with E-state index in [1.54, 1.807) is 12.1 Å². The number of aromatic amines is 1. The van der Waals surface area contributed by atoms with Crippen LogP contribution in [0.5, 0.6) is 0 Å². The summed E-state index contributed by atoms with van der Waals surface area (Å²) in [6.45, 7) is 1.94. The molecule has 0 bridgehead atoms. The summed E-state index contributed by atoms with van der Waals surface area (Å²) in [5, 5.41) is 6.59. The summed E-state index contributed by atoms with van der Waals surface area (Å²) in [4.78, 5) is 30.0. The smallest absolute Gasteiger partial charge is 0.256 e. The number of fused-ring (bicyclic) bond motifs is 1. The molecule has 2 N–H and O–H groups in total. The van der Waals surface area contributed by atoms with Crippen LogP contribution >= 0.6 is 0 Å². The lowest BCUT2D eigenvalue weighted by atomic mass is 10.1. The van der Waals surface area contributed by atoms with Gasteiger partial charge in [0.25, 0.3) is 11.5 Å². The topological polar surface area (TPSA) is 92.1 Å². The van der Waals surface area contributed by atoms with Gasteiger partial charge in [0.2, 0.25) is 5.78 Å². The minimum absolute atomic E-state index is 0.270. The largest absolute Gasteiger partial charge is 0.306 e. The highest BCUT2D eigenvalue weighted by molar-refractivity contribution is 6.03. The molecule has 2 heterocycles. The molecule has 1 amide bonds. The number of hydrogen-bond donors (Lipinski definition) is 2. The predicted molar refractivity (Wildman–Crippen MR) is 72.7 cm³/mol. The molecule has 2 aromatic heterocycles. The quantitative estimate of drug-likeness (QED) is 0.725. The summed E-state index contributed by atoms with van der Waals surface area (Å²) >= 11 is 0. The zero-order valence-electron chi connectivity index (χ0n) is 10.6. The second-order valence-electron chi connectivity index (χ2n) is 4.33. The Balaban J connectivity index is 1.96. The van der Waals surface area contributed by atoms with Gasteiger partial charge in [0.15, 0.2) is 0 Å². The van der Waals surface area contributed by atoms with Crippen molar-refractivity contribution in [2.24, 2.45) is 0 Å². The minimum Gasteiger partial charge on any atom is -0.306 e. The molecule has 3 aromatic rings. The molecule has 0 spiro atoms. The summed E-state index contributed by atoms with van der Waals surface area (Å²) in [5.41, 5.74) is 1.21. The van der Waals surface area contributed by atoms with E-state index in [9.17, 15) is 9.59 Å². The van der Waals surface area contributed by atoms with Crippen molar-refractivity contribution in [2.75, 3.05) is 5.32 Å². The zero-order valence-corrected chi connectivity index (χ0v) is 10.6. The number of nitrogens with one attached hydrogen (secondary N) is 2. The van der Waals surface area contributed by atoms with E-state index >= 15 is 0 Å². The number of aryl methyl sites for hydroxylation is 1. The molecule has 0 aliphatic carbocycles. The lowest BCUT2D eigenvalue weighted by Crippen LogP contribution is -2.18. The number of nitrogens with zero attached hydrogens (tertiary/aromatic N) is 3. The van der Waals surface area contributed by atoms with E-state index in [4.69, 9.17) is 0 Å². The van der Waals surface area contributed by atoms with Crippen LogP contribution in [0.3, 0.4) is 0 Å². The second-order valence-corrected chi connectivity index (χ2v) is 4.33. The number of amides is 1. The van der Waals surface area contributed by atoms with Gasteiger partial charge in [0, 0.05) is 11.6 Å². The molecule has 20 heavy (non-hydrogen) atoms. The molecular formula is C13H11N5O2. The fourth-order valence-electron chi connectivity index (χ4n) is 1.82. The number of hydrogen-bond acceptors (Lipinski definition) is 4. The SMILES string of the molecule is Cc1ccc(C(=O)Nc2cc(=O)[nH]c3ncnn23)cc1. The van der Waals surface area contributed by atoms with Gasteiger partial charge in [0.05, 0.1) is 0 Å². The van der Waals surface area contributed by atoms with Crippen molar-refractivity contribution in [2.45, 2.75) is 6.92 Å². The maximum atomic E-state index is 12.1. The zero-order chi connectivity index (χ0) is 14.1. The molecule has 0 unspecified atom stereocenters. The first-order valence-electron chi connectivity index (χ1n) is 5.94. The van der Waals surface area contributed by atoms with Crippen molar-refractivity contribution >= 4 is 17.5 Å². The van der Waals surface area contributed by atoms with Crippen molar-refractivity contribution in [1.82, 2.24) is 19.6 Å². The van der Waals surface area contributed by atoms with E-state index in [0.717, 1.165) is 5.56 Å². The highest BCUT2D eigenvalue weighted by Crippen LogP contribution is 2.08. The van der Waals surface area contributed by atoms with E-state index in [0.29, 0.717) is 5.56 Å². The number of aromatic nitrogens is 4. The number of carbonyl (C=O) groups excluding carboxylic acids is 1. The summed E-state index contributed by atoms with van der Waals surface area (Å²) < 4.78 is 1.35. The Kier molecular flexibility index (Phi) is 2.79. The number of benzene rings is 1. The predicted octanol–water partition coefficient (Wildman–Crippen LogP) is 0.978. The van der Waals surface area contributed by atoms with Gasteiger partial charge >= 0.3 is 0 Å². The molecule has 3 rings (SSSR count). The van der Waals surface area contributed by atoms with Crippen LogP contribution in [0.15, 0.2) is 41.5 Å². The molecule has 1 aromatic carbocycles. The monoisotopic (exact) mass is 269 g/mol. The first kappa shape index (κ1) is 12.1. The van der Waals surface area contributed by atoms with E-state index in [1.807, 2.05) is 19.1 Å². The Morgan fingerprint density at radius 1 is 1.30 bits per heavy atom. The summed E-state index contributed by atoms with van der Waals surface area (Å²) in [7, 11) is 0. The Morgan fingerprint density at radius 3 is 2.80 bits per heavy atom. The highest BCUT2D eigenvalue weighted by Gasteiger charge is 2.10. The van der Waals surface area contributed by atoms with Gasteiger partial charge in [-0.1, -0.05) is 17.7 Å². The normalized spacial score (nSPS) is 10.7. The van der Waals surface area contributed by atoms with Crippen molar-refractivity contribution in [3.63, 3.8) is 0 Å². The van der Waals surface area contributed by atoms with Crippen molar-refractivity contribution < 1.29 is 4.79 Å². The van der Waals surface area contributed by atoms with Crippen LogP contribution in [0, 0.1) is 6.92 Å². The lowest BCUT2D eigenvalue weighted by Gasteiger charge is -2.06. The summed E-state index contributed by atoms with van der Waals surface area (Å²) in [5.74, 6) is 0.232. The maximum Gasteiger partial charge on any atom is 0.256 e. The molecule has 0 saturated carbocycles. The van der Waals surface area contributed by atoms with Crippen LogP contribution in [0.25, 0.3) is 5.78 Å². The average Bonchev–Trinajstić information content (AvgIpc) is 2.87. The fourth-order valence-corrected chi connectivity index (χ4v) is 1.82. The van der Waals surface area contributed by atoms with Gasteiger partial charge in [-0.3, -0.25) is 14.6 Å². The van der Waals surface area contributed by atoms with Crippen LogP contribution in [-0.4, -0.2) is 25.5 Å². The number of H-pyrrole nitrogens is 1. The molecule has 0 fully saturated rings. The van der Waals surface area contributed by atoms with Crippen LogP contribution < -0.4 is 10.9 Å². The Labute approximate surface area is 113 Å². The highest BCUT2D eigenvalue weighted by atomic mass is 16.2. The Hall–Kier alpha value is -2.96. The van der Waals surface area contributed by atoms with Gasteiger partial charge in [-0.05, 0) is 19.1 Å². The molecule has 0 radical (unpaired) electrons. The van der Waals surface area contributed by atoms with Crippen molar-refractivity contribution in [1.29, 1.82) is 0 Å². The molecule has 7 heteroatoms. The van der Waals surface area contributed by atoms with E-state index in [1.165, 1.54) is 16.9 Å². The standard InChI is InChI=1S/C13H11N5O2/c1-8-2-4-9(5-3-8)12(20)16-10-6-11(19)17-13-14-7-15-18(10)13/h2-7H,1H3,(H,16,20)(H,14,15,17,19). The van der Waals surface area contributed by atoms with Gasteiger partial charge in [-0.25, -0.2) is 0 Å². The van der Waals surface area contributed by atoms with Gasteiger partial charge < -0.3 is 5.32 Å². The van der Waals surface area contributed by atoms with Gasteiger partial charge in [-0.2, -0.15) is 14.6 Å². The molecule has 0 aliphatic rings. The first-order chi connectivity index (χ1) is 9.63. The average molecular weight is 269 g/mol. The fraction of sp³-hybridized carbons (Fsp3) is 0.0769. The third kappa shape index (κ3) is 2.16. The van der Waals surface area contributed by atoms with Crippen LogP contribution in [0.1, 0.15) is 15.9 Å². The third-order valence-corrected chi connectivity index (χ3v) is 2.83. The number of carbonyl (C=O) groups is 1. The Morgan fingerprint density at radius 2 is 2.05 bits per heavy atom. The lowest BCUT2D eigenvalue weighted by molar-refractivity contribution is 0.102. The molecule has 0 atom stereocenters. The van der Waals surface area contributed by atoms with Crippen LogP contribution in [0.4, 0.5) is 5.82 Å². The molecule has 0 saturated heterocycles. The van der Waals surface area contributed by atoms with E-state index < -0.39 is 0 Å². The van der Waals surface area contributed by atoms with Crippen molar-refractivity contribution in [3.8, 4) is 0 Å². The summed E-state index contributed by atoms with van der Waals surface area (Å²) in [6.07, 6.45) is 1.30. The summed E-state index contributed by atoms with van der Waals surface area (Å²) in [6, 6.07) is 8.38. The van der Waals surface area contributed by atoms with E-state index in [-0.39, 0.29) is 23.1 Å². The van der Waals surface area contributed by atoms with Crippen LogP contribution in [0.2, 0.25) is 0 Å². The van der Waals surface area contributed by atoms with Gasteiger partial charge in [0.1, 0.15) is 12.1 Å². The molecular weight excluding hydrogens is 258 g/mol. The number of anilines is 1. The molecule has 0 aliphatic heterocycles. The first-order valence-corrected chi connectivity index (χ1v) is 5.94. The van der Waals surface area contributed by atoms with Gasteiger partial charge in [-0.15, -0.1) is 0 Å². The third-order valence-electron chi connectivity index (χ3n) is 2.83. The minimum atomic E-state index is -0.357. The number of rotatable bonds is 2. The Bertz CT molecular complexity index is 832. The van der Waals surface area contributed by atoms with Crippen molar-refractivity contribution in [3.05, 3.63) is 58.1 Å². The van der Waals surface area contributed by atoms with Crippen LogP contribution in [-0.2, 0) is 0 Å².